The van der Waals surface area contributed by atoms with Crippen LogP contribution in [0.4, 0.5) is 0 Å². The largest absolute Gasteiger partial charge is 0.496 e. The minimum atomic E-state index is 0.0783. The molecule has 21 heavy (non-hydrogen) atoms. The Bertz CT molecular complexity index is 456. The van der Waals surface area contributed by atoms with E-state index in [0.717, 1.165) is 38.9 Å². The molecule has 0 bridgehead atoms. The molecule has 116 valence electrons. The molecule has 1 aliphatic heterocycles. The van der Waals surface area contributed by atoms with Gasteiger partial charge < -0.3 is 15.0 Å². The summed E-state index contributed by atoms with van der Waals surface area (Å²) in [6, 6.07) is 7.91. The van der Waals surface area contributed by atoms with Crippen molar-refractivity contribution in [3.05, 3.63) is 29.8 Å². The van der Waals surface area contributed by atoms with Gasteiger partial charge in [-0.1, -0.05) is 25.5 Å². The first kappa shape index (κ1) is 15.8. The van der Waals surface area contributed by atoms with Crippen molar-refractivity contribution in [2.75, 3.05) is 26.7 Å². The summed E-state index contributed by atoms with van der Waals surface area (Å²) in [6.45, 7) is 4.82. The van der Waals surface area contributed by atoms with Crippen molar-refractivity contribution < 1.29 is 9.53 Å². The summed E-state index contributed by atoms with van der Waals surface area (Å²) < 4.78 is 5.33. The fraction of sp³-hybridized carbons (Fsp3) is 0.588. The number of hydrogen-bond donors (Lipinski definition) is 1. The standard InChI is InChI=1S/C17H26N2O2/c1-3-4-12-19(13-14-8-7-11-18-14)17(20)15-9-5-6-10-16(15)21-2/h5-6,9-10,14,18H,3-4,7-8,11-13H2,1-2H3. The van der Waals surface area contributed by atoms with Crippen LogP contribution in [0.2, 0.25) is 0 Å². The molecule has 1 amide bonds. The monoisotopic (exact) mass is 290 g/mol. The number of benzene rings is 1. The molecular weight excluding hydrogens is 264 g/mol. The maximum absolute atomic E-state index is 12.8. The maximum Gasteiger partial charge on any atom is 0.257 e. The van der Waals surface area contributed by atoms with Gasteiger partial charge in [-0.15, -0.1) is 0 Å². The lowest BCUT2D eigenvalue weighted by Crippen LogP contribution is -2.41. The fourth-order valence-corrected chi connectivity index (χ4v) is 2.79. The quantitative estimate of drug-likeness (QED) is 0.839. The number of nitrogens with one attached hydrogen (secondary N) is 1. The van der Waals surface area contributed by atoms with Crippen molar-refractivity contribution in [1.29, 1.82) is 0 Å². The molecule has 0 saturated carbocycles. The second-order valence-electron chi connectivity index (χ2n) is 5.60. The molecule has 1 unspecified atom stereocenters. The van der Waals surface area contributed by atoms with Crippen molar-refractivity contribution in [3.63, 3.8) is 0 Å². The van der Waals surface area contributed by atoms with E-state index in [-0.39, 0.29) is 5.91 Å². The first-order chi connectivity index (χ1) is 10.3. The summed E-state index contributed by atoms with van der Waals surface area (Å²) in [5.41, 5.74) is 0.661. The highest BCUT2D eigenvalue weighted by Gasteiger charge is 2.23. The second kappa shape index (κ2) is 8.03. The van der Waals surface area contributed by atoms with E-state index < -0.39 is 0 Å². The molecule has 1 N–H and O–H groups in total. The van der Waals surface area contributed by atoms with Gasteiger partial charge in [-0.2, -0.15) is 0 Å². The van der Waals surface area contributed by atoms with Crippen LogP contribution in [0.15, 0.2) is 24.3 Å². The lowest BCUT2D eigenvalue weighted by Gasteiger charge is -2.26. The highest BCUT2D eigenvalue weighted by Crippen LogP contribution is 2.20. The third kappa shape index (κ3) is 4.21. The van der Waals surface area contributed by atoms with Crippen molar-refractivity contribution in [2.45, 2.75) is 38.6 Å². The highest BCUT2D eigenvalue weighted by atomic mass is 16.5. The van der Waals surface area contributed by atoms with Gasteiger partial charge in [0, 0.05) is 19.1 Å². The van der Waals surface area contributed by atoms with Gasteiger partial charge in [0.2, 0.25) is 0 Å². The molecular formula is C17H26N2O2. The predicted octanol–water partition coefficient (Wildman–Crippen LogP) is 2.69. The van der Waals surface area contributed by atoms with E-state index in [9.17, 15) is 4.79 Å². The van der Waals surface area contributed by atoms with Crippen molar-refractivity contribution in [3.8, 4) is 5.75 Å². The van der Waals surface area contributed by atoms with Crippen LogP contribution in [0.3, 0.4) is 0 Å². The first-order valence-electron chi connectivity index (χ1n) is 7.92. The Kier molecular flexibility index (Phi) is 6.05. The molecule has 1 saturated heterocycles. The number of hydrogen-bond acceptors (Lipinski definition) is 3. The Labute approximate surface area is 127 Å². The van der Waals surface area contributed by atoms with Gasteiger partial charge in [0.05, 0.1) is 12.7 Å². The van der Waals surface area contributed by atoms with E-state index in [1.165, 1.54) is 6.42 Å². The Morgan fingerprint density at radius 2 is 2.24 bits per heavy atom. The summed E-state index contributed by atoms with van der Waals surface area (Å²) in [7, 11) is 1.61. The number of nitrogens with zero attached hydrogens (tertiary/aromatic N) is 1. The minimum absolute atomic E-state index is 0.0783. The van der Waals surface area contributed by atoms with Gasteiger partial charge in [-0.3, -0.25) is 4.79 Å². The third-order valence-electron chi connectivity index (χ3n) is 4.01. The fourth-order valence-electron chi connectivity index (χ4n) is 2.79. The summed E-state index contributed by atoms with van der Waals surface area (Å²) in [5.74, 6) is 0.734. The summed E-state index contributed by atoms with van der Waals surface area (Å²) in [5, 5.41) is 3.47. The molecule has 1 heterocycles. The third-order valence-corrected chi connectivity index (χ3v) is 4.01. The van der Waals surface area contributed by atoms with Crippen LogP contribution in [0.25, 0.3) is 0 Å². The van der Waals surface area contributed by atoms with Crippen LogP contribution in [-0.4, -0.2) is 43.6 Å². The smallest absolute Gasteiger partial charge is 0.257 e. The van der Waals surface area contributed by atoms with E-state index in [2.05, 4.69) is 12.2 Å². The molecule has 0 spiro atoms. The molecule has 0 aromatic heterocycles. The molecule has 1 atom stereocenters. The number of carbonyl (C=O) groups excluding carboxylic acids is 1. The second-order valence-corrected chi connectivity index (χ2v) is 5.60. The molecule has 1 aliphatic rings. The average Bonchev–Trinajstić information content (AvgIpc) is 3.03. The van der Waals surface area contributed by atoms with E-state index in [0.29, 0.717) is 17.4 Å². The summed E-state index contributed by atoms with van der Waals surface area (Å²) >= 11 is 0. The molecule has 4 nitrogen and oxygen atoms in total. The van der Waals surface area contributed by atoms with Gasteiger partial charge in [0.15, 0.2) is 0 Å². The number of para-hydroxylation sites is 1. The van der Waals surface area contributed by atoms with Crippen LogP contribution in [0.1, 0.15) is 43.0 Å². The summed E-state index contributed by atoms with van der Waals surface area (Å²) in [4.78, 5) is 14.8. The van der Waals surface area contributed by atoms with Gasteiger partial charge in [0.1, 0.15) is 5.75 Å². The zero-order valence-corrected chi connectivity index (χ0v) is 13.1. The number of unbranched alkanes of at least 4 members (excludes halogenated alkanes) is 1. The maximum atomic E-state index is 12.8. The zero-order valence-electron chi connectivity index (χ0n) is 13.1. The van der Waals surface area contributed by atoms with Crippen molar-refractivity contribution in [1.82, 2.24) is 10.2 Å². The SMILES string of the molecule is CCCCN(CC1CCCN1)C(=O)c1ccccc1OC. The van der Waals surface area contributed by atoms with Crippen LogP contribution in [0, 0.1) is 0 Å². The van der Waals surface area contributed by atoms with Gasteiger partial charge >= 0.3 is 0 Å². The number of carbonyl (C=O) groups is 1. The summed E-state index contributed by atoms with van der Waals surface area (Å²) in [6.07, 6.45) is 4.48. The molecule has 4 heteroatoms. The van der Waals surface area contributed by atoms with E-state index >= 15 is 0 Å². The minimum Gasteiger partial charge on any atom is -0.496 e. The van der Waals surface area contributed by atoms with E-state index in [4.69, 9.17) is 4.74 Å². The van der Waals surface area contributed by atoms with Crippen LogP contribution in [0.5, 0.6) is 5.75 Å². The van der Waals surface area contributed by atoms with Crippen molar-refractivity contribution >= 4 is 5.91 Å². The first-order valence-corrected chi connectivity index (χ1v) is 7.92. The van der Waals surface area contributed by atoms with E-state index in [1.54, 1.807) is 7.11 Å². The number of rotatable bonds is 7. The average molecular weight is 290 g/mol. The topological polar surface area (TPSA) is 41.6 Å². The highest BCUT2D eigenvalue weighted by molar-refractivity contribution is 5.97. The lowest BCUT2D eigenvalue weighted by molar-refractivity contribution is 0.0736. The van der Waals surface area contributed by atoms with Crippen LogP contribution < -0.4 is 10.1 Å². The Morgan fingerprint density at radius 3 is 2.90 bits per heavy atom. The molecule has 0 aliphatic carbocycles. The Morgan fingerprint density at radius 1 is 1.43 bits per heavy atom. The Hall–Kier alpha value is -1.55. The van der Waals surface area contributed by atoms with Crippen LogP contribution in [-0.2, 0) is 0 Å². The van der Waals surface area contributed by atoms with Gasteiger partial charge in [-0.25, -0.2) is 0 Å². The molecule has 0 radical (unpaired) electrons. The normalized spacial score (nSPS) is 17.7. The molecule has 1 aromatic carbocycles. The lowest BCUT2D eigenvalue weighted by atomic mass is 10.1. The molecule has 1 aromatic rings. The Balaban J connectivity index is 2.11. The van der Waals surface area contributed by atoms with Gasteiger partial charge in [0.25, 0.3) is 5.91 Å². The predicted molar refractivity (Wildman–Crippen MR) is 84.8 cm³/mol. The number of amides is 1. The van der Waals surface area contributed by atoms with Crippen molar-refractivity contribution in [2.24, 2.45) is 0 Å². The molecule has 1 fully saturated rings. The van der Waals surface area contributed by atoms with Crippen LogP contribution >= 0.6 is 0 Å². The molecule has 2 rings (SSSR count). The van der Waals surface area contributed by atoms with Gasteiger partial charge in [-0.05, 0) is 37.9 Å². The number of methoxy groups -OCH3 is 1. The van der Waals surface area contributed by atoms with E-state index in [1.807, 2.05) is 29.2 Å². The zero-order chi connectivity index (χ0) is 15.1. The number of ether oxygens (including phenoxy) is 1.